The van der Waals surface area contributed by atoms with Gasteiger partial charge in [-0.2, -0.15) is 0 Å². The van der Waals surface area contributed by atoms with Crippen molar-refractivity contribution >= 4 is 21.8 Å². The topological polar surface area (TPSA) is 38.8 Å². The van der Waals surface area contributed by atoms with Gasteiger partial charge in [0, 0.05) is 24.0 Å². The molecule has 5 heteroatoms. The highest BCUT2D eigenvalue weighted by atomic mass is 79.9. The van der Waals surface area contributed by atoms with E-state index in [1.807, 2.05) is 6.92 Å². The molecule has 1 aliphatic heterocycles. The van der Waals surface area contributed by atoms with Crippen LogP contribution in [0.4, 0.5) is 0 Å². The minimum Gasteiger partial charge on any atom is -0.454 e. The molecule has 4 nitrogen and oxygen atoms in total. The number of ether oxygens (including phenoxy) is 2. The number of carbonyl (C=O) groups is 1. The predicted molar refractivity (Wildman–Crippen MR) is 67.9 cm³/mol. The number of amides is 1. The summed E-state index contributed by atoms with van der Waals surface area (Å²) in [5.74, 6) is 1.36. The first-order valence-electron chi connectivity index (χ1n) is 5.51. The SMILES string of the molecule is CCN(CCBr)C(=O)c1ccc2c(c1)OCO2. The number of benzene rings is 1. The zero-order valence-corrected chi connectivity index (χ0v) is 11.2. The number of fused-ring (bicyclic) bond motifs is 1. The van der Waals surface area contributed by atoms with Gasteiger partial charge in [-0.25, -0.2) is 0 Å². The monoisotopic (exact) mass is 299 g/mol. The largest absolute Gasteiger partial charge is 0.454 e. The molecule has 0 saturated carbocycles. The molecule has 1 amide bonds. The zero-order chi connectivity index (χ0) is 12.3. The van der Waals surface area contributed by atoms with Crippen LogP contribution in [0.1, 0.15) is 17.3 Å². The number of halogens is 1. The summed E-state index contributed by atoms with van der Waals surface area (Å²) in [7, 11) is 0. The van der Waals surface area contributed by atoms with Crippen LogP contribution in [0.3, 0.4) is 0 Å². The molecular formula is C12H14BrNO3. The molecular weight excluding hydrogens is 286 g/mol. The summed E-state index contributed by atoms with van der Waals surface area (Å²) < 4.78 is 10.5. The van der Waals surface area contributed by atoms with Crippen molar-refractivity contribution in [1.29, 1.82) is 0 Å². The standard InChI is InChI=1S/C12H14BrNO3/c1-2-14(6-5-13)12(15)9-3-4-10-11(7-9)17-8-16-10/h3-4,7H,2,5-6,8H2,1H3. The smallest absolute Gasteiger partial charge is 0.254 e. The van der Waals surface area contributed by atoms with Gasteiger partial charge in [0.1, 0.15) is 0 Å². The summed E-state index contributed by atoms with van der Waals surface area (Å²) in [6.45, 7) is 3.59. The summed E-state index contributed by atoms with van der Waals surface area (Å²) in [4.78, 5) is 14.0. The van der Waals surface area contributed by atoms with E-state index in [4.69, 9.17) is 9.47 Å². The fourth-order valence-electron chi connectivity index (χ4n) is 1.72. The quantitative estimate of drug-likeness (QED) is 0.801. The van der Waals surface area contributed by atoms with Gasteiger partial charge >= 0.3 is 0 Å². The fraction of sp³-hybridized carbons (Fsp3) is 0.417. The molecule has 0 radical (unpaired) electrons. The van der Waals surface area contributed by atoms with Crippen LogP contribution in [0.25, 0.3) is 0 Å². The summed E-state index contributed by atoms with van der Waals surface area (Å²) in [5.41, 5.74) is 0.636. The lowest BCUT2D eigenvalue weighted by molar-refractivity contribution is 0.0774. The second-order valence-corrected chi connectivity index (χ2v) is 4.43. The molecule has 1 aromatic carbocycles. The van der Waals surface area contributed by atoms with Crippen LogP contribution in [0, 0.1) is 0 Å². The van der Waals surface area contributed by atoms with Crippen molar-refractivity contribution in [3.05, 3.63) is 23.8 Å². The van der Waals surface area contributed by atoms with Crippen molar-refractivity contribution in [2.45, 2.75) is 6.92 Å². The lowest BCUT2D eigenvalue weighted by atomic mass is 10.1. The van der Waals surface area contributed by atoms with Gasteiger partial charge in [-0.3, -0.25) is 4.79 Å². The van der Waals surface area contributed by atoms with Crippen molar-refractivity contribution in [2.75, 3.05) is 25.2 Å². The third-order valence-corrected chi connectivity index (χ3v) is 3.00. The Kier molecular flexibility index (Phi) is 3.89. The van der Waals surface area contributed by atoms with E-state index in [1.54, 1.807) is 23.1 Å². The normalized spacial score (nSPS) is 12.6. The van der Waals surface area contributed by atoms with Gasteiger partial charge in [-0.1, -0.05) is 15.9 Å². The van der Waals surface area contributed by atoms with Gasteiger partial charge in [-0.15, -0.1) is 0 Å². The van der Waals surface area contributed by atoms with E-state index in [0.717, 1.165) is 5.33 Å². The molecule has 0 aliphatic carbocycles. The average Bonchev–Trinajstić information content (AvgIpc) is 2.82. The molecule has 0 fully saturated rings. The summed E-state index contributed by atoms with van der Waals surface area (Å²) >= 11 is 3.34. The molecule has 0 atom stereocenters. The summed E-state index contributed by atoms with van der Waals surface area (Å²) in [5, 5.41) is 0.775. The van der Waals surface area contributed by atoms with Gasteiger partial charge < -0.3 is 14.4 Å². The molecule has 2 rings (SSSR count). The van der Waals surface area contributed by atoms with Crippen LogP contribution >= 0.6 is 15.9 Å². The number of nitrogens with zero attached hydrogens (tertiary/aromatic N) is 1. The molecule has 0 saturated heterocycles. The van der Waals surface area contributed by atoms with Gasteiger partial charge in [0.25, 0.3) is 5.91 Å². The first-order valence-corrected chi connectivity index (χ1v) is 6.63. The Morgan fingerprint density at radius 3 is 2.88 bits per heavy atom. The molecule has 1 aromatic rings. The maximum atomic E-state index is 12.2. The second-order valence-electron chi connectivity index (χ2n) is 3.64. The Bertz CT molecular complexity index is 422. The minimum absolute atomic E-state index is 0.0188. The molecule has 0 N–H and O–H groups in total. The van der Waals surface area contributed by atoms with E-state index < -0.39 is 0 Å². The third kappa shape index (κ3) is 2.54. The minimum atomic E-state index is 0.0188. The van der Waals surface area contributed by atoms with Crippen LogP contribution in [-0.4, -0.2) is 36.0 Å². The third-order valence-electron chi connectivity index (χ3n) is 2.64. The fourth-order valence-corrected chi connectivity index (χ4v) is 2.15. The molecule has 1 heterocycles. The van der Waals surface area contributed by atoms with E-state index >= 15 is 0 Å². The van der Waals surface area contributed by atoms with Crippen LogP contribution in [0.2, 0.25) is 0 Å². The Hall–Kier alpha value is -1.23. The number of carbonyl (C=O) groups excluding carboxylic acids is 1. The Morgan fingerprint density at radius 1 is 1.41 bits per heavy atom. The van der Waals surface area contributed by atoms with Crippen molar-refractivity contribution in [3.8, 4) is 11.5 Å². The summed E-state index contributed by atoms with van der Waals surface area (Å²) in [6.07, 6.45) is 0. The van der Waals surface area contributed by atoms with Crippen molar-refractivity contribution < 1.29 is 14.3 Å². The first-order chi connectivity index (χ1) is 8.26. The van der Waals surface area contributed by atoms with Crippen molar-refractivity contribution in [1.82, 2.24) is 4.90 Å². The van der Waals surface area contributed by atoms with Gasteiger partial charge in [-0.05, 0) is 25.1 Å². The van der Waals surface area contributed by atoms with Gasteiger partial charge in [0.15, 0.2) is 11.5 Å². The van der Waals surface area contributed by atoms with E-state index in [-0.39, 0.29) is 12.7 Å². The number of hydrogen-bond acceptors (Lipinski definition) is 3. The molecule has 0 bridgehead atoms. The van der Waals surface area contributed by atoms with Crippen LogP contribution in [0.15, 0.2) is 18.2 Å². The highest BCUT2D eigenvalue weighted by Crippen LogP contribution is 2.32. The maximum absolute atomic E-state index is 12.2. The van der Waals surface area contributed by atoms with Crippen LogP contribution in [0.5, 0.6) is 11.5 Å². The Labute approximate surface area is 109 Å². The Balaban J connectivity index is 2.19. The predicted octanol–water partition coefficient (Wildman–Crippen LogP) is 2.27. The molecule has 1 aliphatic rings. The lowest BCUT2D eigenvalue weighted by Crippen LogP contribution is -2.32. The van der Waals surface area contributed by atoms with Gasteiger partial charge in [0.2, 0.25) is 6.79 Å². The van der Waals surface area contributed by atoms with E-state index in [9.17, 15) is 4.79 Å². The highest BCUT2D eigenvalue weighted by Gasteiger charge is 2.18. The van der Waals surface area contributed by atoms with Crippen molar-refractivity contribution in [2.24, 2.45) is 0 Å². The van der Waals surface area contributed by atoms with E-state index in [1.165, 1.54) is 0 Å². The van der Waals surface area contributed by atoms with Crippen LogP contribution in [-0.2, 0) is 0 Å². The van der Waals surface area contributed by atoms with E-state index in [2.05, 4.69) is 15.9 Å². The highest BCUT2D eigenvalue weighted by molar-refractivity contribution is 9.09. The number of hydrogen-bond donors (Lipinski definition) is 0. The molecule has 17 heavy (non-hydrogen) atoms. The Morgan fingerprint density at radius 2 is 2.18 bits per heavy atom. The van der Waals surface area contributed by atoms with Crippen molar-refractivity contribution in [3.63, 3.8) is 0 Å². The lowest BCUT2D eigenvalue weighted by Gasteiger charge is -2.19. The average molecular weight is 300 g/mol. The first kappa shape index (κ1) is 12.2. The molecule has 0 spiro atoms. The van der Waals surface area contributed by atoms with Gasteiger partial charge in [0.05, 0.1) is 0 Å². The molecule has 92 valence electrons. The molecule has 0 aromatic heterocycles. The van der Waals surface area contributed by atoms with E-state index in [0.29, 0.717) is 30.2 Å². The summed E-state index contributed by atoms with van der Waals surface area (Å²) in [6, 6.07) is 5.28. The number of rotatable bonds is 4. The number of alkyl halides is 1. The second kappa shape index (κ2) is 5.40. The van der Waals surface area contributed by atoms with Crippen LogP contribution < -0.4 is 9.47 Å². The molecule has 0 unspecified atom stereocenters. The zero-order valence-electron chi connectivity index (χ0n) is 9.61. The maximum Gasteiger partial charge on any atom is 0.254 e.